The van der Waals surface area contributed by atoms with E-state index in [-0.39, 0.29) is 30.3 Å². The Morgan fingerprint density at radius 3 is 2.61 bits per heavy atom. The van der Waals surface area contributed by atoms with Crippen molar-refractivity contribution >= 4 is 22.7 Å². The zero-order valence-electron chi connectivity index (χ0n) is 24.7. The first kappa shape index (κ1) is 28.1. The Bertz CT molecular complexity index is 1690. The number of benzene rings is 3. The minimum atomic E-state index is -0.269. The normalized spacial score (nSPS) is 20.5. The Kier molecular flexibility index (Phi) is 7.74. The quantitative estimate of drug-likeness (QED) is 0.369. The van der Waals surface area contributed by atoms with E-state index in [9.17, 15) is 9.59 Å². The van der Waals surface area contributed by atoms with Crippen molar-refractivity contribution in [2.45, 2.75) is 12.5 Å². The second-order valence-corrected chi connectivity index (χ2v) is 11.5. The maximum Gasteiger partial charge on any atom is 0.254 e. The number of fused-ring (bicyclic) bond motifs is 6. The molecule has 10 heteroatoms. The molecular weight excluding hydrogens is 560 g/mol. The number of likely N-dealkylation sites (tertiary alicyclic amines) is 1. The number of H-pyrrole nitrogens is 1. The van der Waals surface area contributed by atoms with Crippen LogP contribution in [0.1, 0.15) is 27.4 Å². The van der Waals surface area contributed by atoms with E-state index < -0.39 is 0 Å². The SMILES string of the molecule is COc1ccc2cc1OCCN(C(=O)c1ccc3[nH]ccc3c1)CCNC(=O)[C@H]1CN(Cc3ccc4c(c3)OCCO4)C[C@H]21. The number of ether oxygens (including phenoxy) is 4. The highest BCUT2D eigenvalue weighted by Crippen LogP contribution is 2.39. The van der Waals surface area contributed by atoms with E-state index in [4.69, 9.17) is 18.9 Å². The van der Waals surface area contributed by atoms with E-state index in [0.717, 1.165) is 33.5 Å². The van der Waals surface area contributed by atoms with Crippen LogP contribution in [0.3, 0.4) is 0 Å². The van der Waals surface area contributed by atoms with E-state index in [0.29, 0.717) is 69.5 Å². The highest BCUT2D eigenvalue weighted by Gasteiger charge is 2.39. The molecule has 44 heavy (non-hydrogen) atoms. The maximum absolute atomic E-state index is 13.7. The van der Waals surface area contributed by atoms with Gasteiger partial charge >= 0.3 is 0 Å². The van der Waals surface area contributed by atoms with Crippen LogP contribution in [0.4, 0.5) is 0 Å². The van der Waals surface area contributed by atoms with Gasteiger partial charge in [-0.2, -0.15) is 0 Å². The van der Waals surface area contributed by atoms with Crippen LogP contribution in [-0.2, 0) is 11.3 Å². The molecule has 1 aromatic heterocycles. The van der Waals surface area contributed by atoms with Gasteiger partial charge in [0.25, 0.3) is 5.91 Å². The highest BCUT2D eigenvalue weighted by molar-refractivity contribution is 5.98. The average molecular weight is 597 g/mol. The Balaban J connectivity index is 1.13. The molecule has 3 aliphatic rings. The molecule has 0 aliphatic carbocycles. The molecule has 1 saturated heterocycles. The number of nitrogens with one attached hydrogen (secondary N) is 2. The van der Waals surface area contributed by atoms with Gasteiger partial charge in [0.1, 0.15) is 19.8 Å². The number of methoxy groups -OCH3 is 1. The Hall–Kier alpha value is -4.70. The van der Waals surface area contributed by atoms with Crippen molar-refractivity contribution in [1.82, 2.24) is 20.1 Å². The molecule has 4 heterocycles. The van der Waals surface area contributed by atoms with Crippen molar-refractivity contribution < 1.29 is 28.5 Å². The van der Waals surface area contributed by atoms with Crippen molar-refractivity contribution in [3.8, 4) is 23.0 Å². The third kappa shape index (κ3) is 5.65. The average Bonchev–Trinajstić information content (AvgIpc) is 3.70. The minimum absolute atomic E-state index is 0.0154. The first-order chi connectivity index (χ1) is 21.6. The molecule has 2 amide bonds. The lowest BCUT2D eigenvalue weighted by Gasteiger charge is -2.24. The molecule has 0 unspecified atom stereocenters. The fourth-order valence-corrected chi connectivity index (χ4v) is 6.49. The van der Waals surface area contributed by atoms with Gasteiger partial charge in [-0.1, -0.05) is 12.1 Å². The van der Waals surface area contributed by atoms with Gasteiger partial charge in [-0.25, -0.2) is 0 Å². The zero-order chi connectivity index (χ0) is 30.0. The first-order valence-corrected chi connectivity index (χ1v) is 15.1. The van der Waals surface area contributed by atoms with Crippen LogP contribution in [-0.4, -0.2) is 86.3 Å². The molecule has 3 aliphatic heterocycles. The summed E-state index contributed by atoms with van der Waals surface area (Å²) >= 11 is 0. The molecular formula is C34H36N4O6. The topological polar surface area (TPSA) is 105 Å². The van der Waals surface area contributed by atoms with Gasteiger partial charge < -0.3 is 34.1 Å². The molecule has 4 aromatic rings. The summed E-state index contributed by atoms with van der Waals surface area (Å²) in [6.07, 6.45) is 1.86. The maximum atomic E-state index is 13.7. The summed E-state index contributed by atoms with van der Waals surface area (Å²) in [7, 11) is 1.61. The summed E-state index contributed by atoms with van der Waals surface area (Å²) in [4.78, 5) is 34.6. The molecule has 7 rings (SSSR count). The van der Waals surface area contributed by atoms with Crippen molar-refractivity contribution in [3.63, 3.8) is 0 Å². The molecule has 0 spiro atoms. The predicted octanol–water partition coefficient (Wildman–Crippen LogP) is 3.81. The van der Waals surface area contributed by atoms with Crippen molar-refractivity contribution in [2.75, 3.05) is 59.7 Å². The minimum Gasteiger partial charge on any atom is -0.493 e. The van der Waals surface area contributed by atoms with Crippen LogP contribution in [0, 0.1) is 5.92 Å². The molecule has 2 atom stereocenters. The van der Waals surface area contributed by atoms with E-state index in [1.165, 1.54) is 0 Å². The number of hydrogen-bond acceptors (Lipinski definition) is 7. The van der Waals surface area contributed by atoms with E-state index in [2.05, 4.69) is 21.3 Å². The fourth-order valence-electron chi connectivity index (χ4n) is 6.49. The van der Waals surface area contributed by atoms with Gasteiger partial charge in [-0.15, -0.1) is 0 Å². The van der Waals surface area contributed by atoms with Crippen molar-refractivity contribution in [1.29, 1.82) is 0 Å². The van der Waals surface area contributed by atoms with Gasteiger partial charge in [0.05, 0.1) is 19.6 Å². The van der Waals surface area contributed by atoms with Crippen molar-refractivity contribution in [3.05, 3.63) is 83.6 Å². The molecule has 0 saturated carbocycles. The number of amides is 2. The van der Waals surface area contributed by atoms with E-state index in [1.54, 1.807) is 12.0 Å². The Morgan fingerprint density at radius 1 is 0.886 bits per heavy atom. The Morgan fingerprint density at radius 2 is 1.73 bits per heavy atom. The number of carbonyl (C=O) groups excluding carboxylic acids is 2. The van der Waals surface area contributed by atoms with Gasteiger partial charge in [0.15, 0.2) is 23.0 Å². The summed E-state index contributed by atoms with van der Waals surface area (Å²) in [5.41, 5.74) is 3.70. The molecule has 1 fully saturated rings. The number of rotatable bonds is 4. The van der Waals surface area contributed by atoms with Crippen LogP contribution < -0.4 is 24.3 Å². The predicted molar refractivity (Wildman–Crippen MR) is 165 cm³/mol. The number of aromatic amines is 1. The van der Waals surface area contributed by atoms with Gasteiger partial charge in [-0.3, -0.25) is 14.5 Å². The number of nitrogens with zero attached hydrogens (tertiary/aromatic N) is 2. The monoisotopic (exact) mass is 596 g/mol. The molecule has 3 aromatic carbocycles. The first-order valence-electron chi connectivity index (χ1n) is 15.1. The summed E-state index contributed by atoms with van der Waals surface area (Å²) in [5, 5.41) is 4.12. The lowest BCUT2D eigenvalue weighted by Crippen LogP contribution is -2.42. The Labute approximate surface area is 255 Å². The fraction of sp³-hybridized carbons (Fsp3) is 0.353. The van der Waals surface area contributed by atoms with Crippen molar-refractivity contribution in [2.24, 2.45) is 5.92 Å². The molecule has 228 valence electrons. The summed E-state index contributed by atoms with van der Waals surface area (Å²) in [6.45, 7) is 4.47. The standard InChI is InChI=1S/C34H36N4O6/c1-41-29-7-4-23-18-32(29)42-13-12-38(34(40)25-3-5-28-24(17-25)8-9-35-28)11-10-36-33(39)27-21-37(20-26(23)27)19-22-2-6-30-31(16-22)44-15-14-43-30/h2-9,16-18,26-27,35H,10-15,19-21H2,1H3,(H,36,39)/t26-,27+/m1/s1. The number of aromatic nitrogens is 1. The van der Waals surface area contributed by atoms with Gasteiger partial charge in [0.2, 0.25) is 5.91 Å². The number of hydrogen-bond donors (Lipinski definition) is 2. The van der Waals surface area contributed by atoms with E-state index >= 15 is 0 Å². The molecule has 2 N–H and O–H groups in total. The van der Waals surface area contributed by atoms with Crippen LogP contribution in [0.2, 0.25) is 0 Å². The van der Waals surface area contributed by atoms with Gasteiger partial charge in [0, 0.05) is 61.3 Å². The van der Waals surface area contributed by atoms with Crippen LogP contribution in [0.5, 0.6) is 23.0 Å². The van der Waals surface area contributed by atoms with Crippen LogP contribution in [0.25, 0.3) is 10.9 Å². The lowest BCUT2D eigenvalue weighted by atomic mass is 9.88. The second-order valence-electron chi connectivity index (χ2n) is 11.5. The van der Waals surface area contributed by atoms with Crippen LogP contribution in [0.15, 0.2) is 66.9 Å². The highest BCUT2D eigenvalue weighted by atomic mass is 16.6. The molecule has 2 bridgehead atoms. The third-order valence-corrected chi connectivity index (χ3v) is 8.75. The largest absolute Gasteiger partial charge is 0.493 e. The summed E-state index contributed by atoms with van der Waals surface area (Å²) in [5.74, 6) is 2.32. The molecule has 0 radical (unpaired) electrons. The number of carbonyl (C=O) groups is 2. The smallest absolute Gasteiger partial charge is 0.254 e. The summed E-state index contributed by atoms with van der Waals surface area (Å²) in [6, 6.07) is 19.5. The zero-order valence-corrected chi connectivity index (χ0v) is 24.7. The van der Waals surface area contributed by atoms with E-state index in [1.807, 2.05) is 60.8 Å². The second kappa shape index (κ2) is 12.1. The van der Waals surface area contributed by atoms with Crippen LogP contribution >= 0.6 is 0 Å². The molecule has 10 nitrogen and oxygen atoms in total. The summed E-state index contributed by atoms with van der Waals surface area (Å²) < 4.78 is 23.3. The third-order valence-electron chi connectivity index (χ3n) is 8.75. The lowest BCUT2D eigenvalue weighted by molar-refractivity contribution is -0.125. The van der Waals surface area contributed by atoms with Gasteiger partial charge in [-0.05, 0) is 59.7 Å².